The van der Waals surface area contributed by atoms with Gasteiger partial charge in [0, 0.05) is 66.9 Å². The van der Waals surface area contributed by atoms with E-state index < -0.39 is 0 Å². The van der Waals surface area contributed by atoms with Crippen LogP contribution in [0.15, 0.2) is 67.1 Å². The monoisotopic (exact) mass is 418 g/mol. The molecule has 1 aliphatic heterocycles. The molecule has 3 aromatic heterocycles. The second-order valence-corrected chi connectivity index (χ2v) is 8.54. The predicted molar refractivity (Wildman–Crippen MR) is 126 cm³/mol. The summed E-state index contributed by atoms with van der Waals surface area (Å²) >= 11 is 0. The summed E-state index contributed by atoms with van der Waals surface area (Å²) in [4.78, 5) is 4.97. The van der Waals surface area contributed by atoms with Gasteiger partial charge >= 0.3 is 0 Å². The minimum atomic E-state index is 0.655. The van der Waals surface area contributed by atoms with Crippen LogP contribution < -0.4 is 5.32 Å². The molecule has 6 nitrogen and oxygen atoms in total. The first-order valence-electron chi connectivity index (χ1n) is 10.8. The van der Waals surface area contributed by atoms with Gasteiger partial charge in [-0.25, -0.2) is 0 Å². The lowest BCUT2D eigenvalue weighted by molar-refractivity contribution is 0.310. The first-order valence-corrected chi connectivity index (χ1v) is 10.8. The zero-order valence-corrected chi connectivity index (χ0v) is 17.8. The molecule has 0 spiro atoms. The summed E-state index contributed by atoms with van der Waals surface area (Å²) in [7, 11) is 1.94. The molecule has 1 saturated heterocycles. The van der Waals surface area contributed by atoms with Crippen LogP contribution in [0, 0.1) is 17.2 Å². The Kier molecular flexibility index (Phi) is 4.30. The number of pyridine rings is 1. The molecule has 0 amide bonds. The Morgan fingerprint density at radius 3 is 2.66 bits per heavy atom. The molecule has 6 heteroatoms. The molecule has 0 aliphatic carbocycles. The minimum Gasteiger partial charge on any atom is -0.346 e. The van der Waals surface area contributed by atoms with E-state index in [4.69, 9.17) is 4.98 Å². The average Bonchev–Trinajstić information content (AvgIpc) is 3.37. The number of hydrogen-bond donors (Lipinski definition) is 1. The van der Waals surface area contributed by atoms with Crippen molar-refractivity contribution in [3.05, 3.63) is 72.7 Å². The van der Waals surface area contributed by atoms with Crippen LogP contribution in [0.2, 0.25) is 0 Å². The van der Waals surface area contributed by atoms with Crippen molar-refractivity contribution in [1.29, 1.82) is 5.26 Å². The third-order valence-corrected chi connectivity index (χ3v) is 6.34. The fourth-order valence-corrected chi connectivity index (χ4v) is 4.59. The number of rotatable bonds is 4. The van der Waals surface area contributed by atoms with Gasteiger partial charge in [-0.15, -0.1) is 0 Å². The van der Waals surface area contributed by atoms with E-state index in [2.05, 4.69) is 45.4 Å². The van der Waals surface area contributed by atoms with Crippen LogP contribution in [-0.2, 0) is 13.6 Å². The summed E-state index contributed by atoms with van der Waals surface area (Å²) in [5.74, 6) is 0.664. The molecule has 0 saturated carbocycles. The fourth-order valence-electron chi connectivity index (χ4n) is 4.59. The fraction of sp³-hybridized carbons (Fsp3) is 0.192. The lowest BCUT2D eigenvalue weighted by atomic mass is 9.95. The van der Waals surface area contributed by atoms with Crippen molar-refractivity contribution >= 4 is 21.8 Å². The SMILES string of the molecule is Cn1cc2cc(-c3ncc4c(ccn4CC4CNC4)c3-c3ccc(C#N)cc3)ccc2n1. The Balaban J connectivity index is 1.56. The van der Waals surface area contributed by atoms with Crippen LogP contribution in [0.3, 0.4) is 0 Å². The predicted octanol–water partition coefficient (Wildman–Crippen LogP) is 4.35. The van der Waals surface area contributed by atoms with Gasteiger partial charge in [-0.2, -0.15) is 10.4 Å². The highest BCUT2D eigenvalue weighted by Gasteiger charge is 2.20. The maximum atomic E-state index is 9.24. The van der Waals surface area contributed by atoms with E-state index in [-0.39, 0.29) is 0 Å². The molecule has 0 atom stereocenters. The molecule has 1 aliphatic rings. The molecule has 1 fully saturated rings. The number of nitrogens with zero attached hydrogens (tertiary/aromatic N) is 5. The molecular weight excluding hydrogens is 396 g/mol. The third-order valence-electron chi connectivity index (χ3n) is 6.34. The number of benzene rings is 2. The minimum absolute atomic E-state index is 0.655. The number of aryl methyl sites for hydroxylation is 1. The quantitative estimate of drug-likeness (QED) is 0.471. The molecule has 6 rings (SSSR count). The van der Waals surface area contributed by atoms with Gasteiger partial charge in [0.25, 0.3) is 0 Å². The molecular formula is C26H22N6. The topological polar surface area (TPSA) is 71.5 Å². The molecule has 5 aromatic rings. The van der Waals surface area contributed by atoms with Gasteiger partial charge in [0.05, 0.1) is 34.6 Å². The Labute approximate surface area is 185 Å². The number of hydrogen-bond acceptors (Lipinski definition) is 4. The van der Waals surface area contributed by atoms with Crippen LogP contribution in [-0.4, -0.2) is 32.4 Å². The van der Waals surface area contributed by atoms with Crippen LogP contribution >= 0.6 is 0 Å². The van der Waals surface area contributed by atoms with Gasteiger partial charge in [0.1, 0.15) is 0 Å². The molecule has 1 N–H and O–H groups in total. The van der Waals surface area contributed by atoms with Crippen LogP contribution in [0.4, 0.5) is 0 Å². The molecule has 0 bridgehead atoms. The summed E-state index contributed by atoms with van der Waals surface area (Å²) in [6.07, 6.45) is 6.20. The number of nitriles is 1. The second kappa shape index (κ2) is 7.33. The molecule has 156 valence electrons. The van der Waals surface area contributed by atoms with E-state index in [1.165, 1.54) is 5.39 Å². The van der Waals surface area contributed by atoms with E-state index in [9.17, 15) is 5.26 Å². The lowest BCUT2D eigenvalue weighted by Gasteiger charge is -2.27. The zero-order valence-electron chi connectivity index (χ0n) is 17.8. The van der Waals surface area contributed by atoms with Crippen molar-refractivity contribution in [2.24, 2.45) is 13.0 Å². The first kappa shape index (κ1) is 18.8. The standard InChI is InChI=1S/C26H22N6/c1-31-16-21-10-20(6-7-23(21)30-31)26-25(19-4-2-17(11-27)3-5-19)22-8-9-32(24(22)14-29-26)15-18-12-28-13-18/h2-10,14,16,18,28H,12-13,15H2,1H3. The van der Waals surface area contributed by atoms with Gasteiger partial charge in [-0.3, -0.25) is 9.67 Å². The van der Waals surface area contributed by atoms with Gasteiger partial charge in [-0.05, 0) is 35.9 Å². The second-order valence-electron chi connectivity index (χ2n) is 8.54. The summed E-state index contributed by atoms with van der Waals surface area (Å²) in [5, 5.41) is 19.4. The Bertz CT molecular complexity index is 1500. The van der Waals surface area contributed by atoms with E-state index in [0.29, 0.717) is 11.5 Å². The molecule has 0 unspecified atom stereocenters. The zero-order chi connectivity index (χ0) is 21.7. The lowest BCUT2D eigenvalue weighted by Crippen LogP contribution is -2.44. The van der Waals surface area contributed by atoms with Crippen LogP contribution in [0.1, 0.15) is 5.56 Å². The number of aromatic nitrogens is 4. The largest absolute Gasteiger partial charge is 0.346 e. The van der Waals surface area contributed by atoms with Gasteiger partial charge in [-0.1, -0.05) is 18.2 Å². The van der Waals surface area contributed by atoms with Crippen molar-refractivity contribution in [2.45, 2.75) is 6.54 Å². The summed E-state index contributed by atoms with van der Waals surface area (Å²) in [6.45, 7) is 3.13. The normalized spacial score (nSPS) is 14.0. The summed E-state index contributed by atoms with van der Waals surface area (Å²) < 4.78 is 4.15. The Morgan fingerprint density at radius 1 is 1.09 bits per heavy atom. The molecule has 2 aromatic carbocycles. The third kappa shape index (κ3) is 3.06. The van der Waals surface area contributed by atoms with Gasteiger partial charge in [0.2, 0.25) is 0 Å². The van der Waals surface area contributed by atoms with E-state index in [1.54, 1.807) is 0 Å². The van der Waals surface area contributed by atoms with E-state index in [0.717, 1.165) is 58.4 Å². The maximum absolute atomic E-state index is 9.24. The number of nitrogens with one attached hydrogen (secondary N) is 1. The average molecular weight is 419 g/mol. The molecule has 0 radical (unpaired) electrons. The van der Waals surface area contributed by atoms with E-state index >= 15 is 0 Å². The first-order chi connectivity index (χ1) is 15.7. The Morgan fingerprint density at radius 2 is 1.91 bits per heavy atom. The van der Waals surface area contributed by atoms with Crippen molar-refractivity contribution in [2.75, 3.05) is 13.1 Å². The molecule has 4 heterocycles. The maximum Gasteiger partial charge on any atom is 0.0991 e. The highest BCUT2D eigenvalue weighted by molar-refractivity contribution is 6.02. The van der Waals surface area contributed by atoms with Crippen molar-refractivity contribution in [3.63, 3.8) is 0 Å². The highest BCUT2D eigenvalue weighted by Crippen LogP contribution is 2.38. The number of fused-ring (bicyclic) bond motifs is 2. The van der Waals surface area contributed by atoms with E-state index in [1.807, 2.05) is 54.5 Å². The van der Waals surface area contributed by atoms with Crippen LogP contribution in [0.5, 0.6) is 0 Å². The molecule has 32 heavy (non-hydrogen) atoms. The highest BCUT2D eigenvalue weighted by atomic mass is 15.2. The van der Waals surface area contributed by atoms with Crippen molar-refractivity contribution in [3.8, 4) is 28.5 Å². The van der Waals surface area contributed by atoms with Gasteiger partial charge < -0.3 is 9.88 Å². The van der Waals surface area contributed by atoms with Gasteiger partial charge in [0.15, 0.2) is 0 Å². The smallest absolute Gasteiger partial charge is 0.0991 e. The van der Waals surface area contributed by atoms with Crippen LogP contribution in [0.25, 0.3) is 44.2 Å². The summed E-state index contributed by atoms with van der Waals surface area (Å²) in [5.41, 5.74) is 6.92. The van der Waals surface area contributed by atoms with Crippen molar-refractivity contribution < 1.29 is 0 Å². The Hall–Kier alpha value is -3.95. The van der Waals surface area contributed by atoms with Crippen molar-refractivity contribution in [1.82, 2.24) is 24.6 Å². The summed E-state index contributed by atoms with van der Waals surface area (Å²) in [6, 6.07) is 18.5.